The topological polar surface area (TPSA) is 102 Å². The molecule has 11 heteroatoms. The molecule has 3 aromatic rings. The molecule has 3 aromatic heterocycles. The number of fused-ring (bicyclic) bond motifs is 1. The molecule has 0 spiro atoms. The Morgan fingerprint density at radius 1 is 1.26 bits per heavy atom. The predicted octanol–water partition coefficient (Wildman–Crippen LogP) is 2.78. The van der Waals surface area contributed by atoms with Gasteiger partial charge in [0, 0.05) is 18.2 Å². The summed E-state index contributed by atoms with van der Waals surface area (Å²) in [6.07, 6.45) is 3.78. The van der Waals surface area contributed by atoms with Crippen LogP contribution in [0.4, 0.5) is 5.13 Å². The van der Waals surface area contributed by atoms with Gasteiger partial charge in [-0.2, -0.15) is 9.61 Å². The van der Waals surface area contributed by atoms with Crippen molar-refractivity contribution in [3.63, 3.8) is 0 Å². The summed E-state index contributed by atoms with van der Waals surface area (Å²) in [6, 6.07) is 1.49. The predicted molar refractivity (Wildman–Crippen MR) is 110 cm³/mol. The van der Waals surface area contributed by atoms with Gasteiger partial charge in [-0.25, -0.2) is 4.98 Å². The van der Waals surface area contributed by atoms with Crippen molar-refractivity contribution >= 4 is 50.4 Å². The number of aromatic nitrogens is 5. The van der Waals surface area contributed by atoms with Crippen molar-refractivity contribution in [2.45, 2.75) is 45.3 Å². The molecule has 1 amide bonds. The average molecular weight is 425 g/mol. The van der Waals surface area contributed by atoms with E-state index in [1.807, 2.05) is 6.92 Å². The number of aryl methyl sites for hydroxylation is 2. The molecule has 0 saturated carbocycles. The first-order valence-electron chi connectivity index (χ1n) is 8.67. The lowest BCUT2D eigenvalue weighted by atomic mass is 10.3. The summed E-state index contributed by atoms with van der Waals surface area (Å²) in [6.45, 7) is 4.11. The third-order valence-electron chi connectivity index (χ3n) is 3.58. The average Bonchev–Trinajstić information content (AvgIpc) is 3.26. The van der Waals surface area contributed by atoms with Gasteiger partial charge in [0.1, 0.15) is 10.0 Å². The fraction of sp³-hybridized carbons (Fsp3) is 0.500. The number of carbonyl (C=O) groups is 1. The molecule has 3 rings (SSSR count). The lowest BCUT2D eigenvalue weighted by Gasteiger charge is -2.01. The molecule has 0 saturated heterocycles. The molecule has 3 heterocycles. The number of nitrogens with zero attached hydrogens (tertiary/aromatic N) is 5. The quantitative estimate of drug-likeness (QED) is 0.563. The molecule has 0 unspecified atom stereocenters. The van der Waals surface area contributed by atoms with Gasteiger partial charge in [-0.3, -0.25) is 14.9 Å². The minimum Gasteiger partial charge on any atom is -0.300 e. The number of hydrogen-bond donors (Lipinski definition) is 1. The third kappa shape index (κ3) is 5.33. The molecule has 27 heavy (non-hydrogen) atoms. The van der Waals surface area contributed by atoms with E-state index in [1.54, 1.807) is 0 Å². The van der Waals surface area contributed by atoms with Gasteiger partial charge in [-0.15, -0.1) is 22.0 Å². The lowest BCUT2D eigenvalue weighted by Crippen LogP contribution is -2.16. The summed E-state index contributed by atoms with van der Waals surface area (Å²) in [5.41, 5.74) is 0.479. The molecule has 144 valence electrons. The number of nitrogens with one attached hydrogen (secondary N) is 1. The van der Waals surface area contributed by atoms with Crippen molar-refractivity contribution in [1.29, 1.82) is 0 Å². The first-order chi connectivity index (χ1) is 13.1. The minimum absolute atomic E-state index is 0.142. The Balaban J connectivity index is 1.56. The van der Waals surface area contributed by atoms with Crippen LogP contribution in [0.2, 0.25) is 0 Å². The highest BCUT2D eigenvalue weighted by Gasteiger charge is 2.11. The van der Waals surface area contributed by atoms with Crippen LogP contribution in [0, 0.1) is 0 Å². The van der Waals surface area contributed by atoms with E-state index in [0.29, 0.717) is 21.5 Å². The molecule has 0 aliphatic heterocycles. The summed E-state index contributed by atoms with van der Waals surface area (Å²) in [5, 5.41) is 17.3. The van der Waals surface area contributed by atoms with Crippen LogP contribution in [0.15, 0.2) is 10.9 Å². The number of unbranched alkanes of at least 4 members (excludes halogenated alkanes) is 1. The zero-order chi connectivity index (χ0) is 19.2. The van der Waals surface area contributed by atoms with Crippen molar-refractivity contribution < 1.29 is 4.79 Å². The first-order valence-corrected chi connectivity index (χ1v) is 11.5. The van der Waals surface area contributed by atoms with Crippen LogP contribution >= 0.6 is 34.4 Å². The van der Waals surface area contributed by atoms with Crippen LogP contribution in [-0.4, -0.2) is 36.5 Å². The number of thioether (sulfide) groups is 1. The molecule has 1 N–H and O–H groups in total. The van der Waals surface area contributed by atoms with Crippen molar-refractivity contribution in [1.82, 2.24) is 24.8 Å². The molecular formula is C16H20N6O2S3. The largest absolute Gasteiger partial charge is 0.300 e. The van der Waals surface area contributed by atoms with E-state index in [-0.39, 0.29) is 17.2 Å². The van der Waals surface area contributed by atoms with Gasteiger partial charge >= 0.3 is 0 Å². The maximum atomic E-state index is 12.2. The third-order valence-corrected chi connectivity index (χ3v) is 6.50. The van der Waals surface area contributed by atoms with Crippen LogP contribution < -0.4 is 10.9 Å². The maximum Gasteiger partial charge on any atom is 0.275 e. The van der Waals surface area contributed by atoms with E-state index in [0.717, 1.165) is 35.7 Å². The molecular weight excluding hydrogens is 404 g/mol. The van der Waals surface area contributed by atoms with Crippen LogP contribution in [0.25, 0.3) is 4.96 Å². The molecule has 0 fully saturated rings. The normalized spacial score (nSPS) is 11.2. The zero-order valence-electron chi connectivity index (χ0n) is 15.1. The van der Waals surface area contributed by atoms with Crippen LogP contribution in [0.3, 0.4) is 0 Å². The van der Waals surface area contributed by atoms with E-state index >= 15 is 0 Å². The van der Waals surface area contributed by atoms with Crippen molar-refractivity contribution in [2.24, 2.45) is 0 Å². The molecule has 0 atom stereocenters. The van der Waals surface area contributed by atoms with Crippen LogP contribution in [-0.2, 0) is 23.4 Å². The molecule has 0 radical (unpaired) electrons. The fourth-order valence-corrected chi connectivity index (χ4v) is 4.62. The molecule has 0 aromatic carbocycles. The molecule has 0 aliphatic rings. The van der Waals surface area contributed by atoms with Crippen molar-refractivity contribution in [3.8, 4) is 0 Å². The fourth-order valence-electron chi connectivity index (χ4n) is 2.25. The smallest absolute Gasteiger partial charge is 0.275 e. The van der Waals surface area contributed by atoms with Crippen LogP contribution in [0.1, 0.15) is 42.4 Å². The number of rotatable bonds is 9. The van der Waals surface area contributed by atoms with Crippen molar-refractivity contribution in [2.75, 3.05) is 11.1 Å². The Labute approximate surface area is 168 Å². The zero-order valence-corrected chi connectivity index (χ0v) is 17.5. The van der Waals surface area contributed by atoms with E-state index in [9.17, 15) is 9.59 Å². The number of amides is 1. The summed E-state index contributed by atoms with van der Waals surface area (Å²) in [7, 11) is 0. The van der Waals surface area contributed by atoms with Gasteiger partial charge in [0.2, 0.25) is 16.0 Å². The molecule has 0 aliphatic carbocycles. The van der Waals surface area contributed by atoms with Gasteiger partial charge < -0.3 is 0 Å². The molecule has 0 bridgehead atoms. The Bertz CT molecular complexity index is 980. The Morgan fingerprint density at radius 2 is 2.11 bits per heavy atom. The van der Waals surface area contributed by atoms with Gasteiger partial charge in [0.25, 0.3) is 5.56 Å². The second-order valence-electron chi connectivity index (χ2n) is 5.77. The summed E-state index contributed by atoms with van der Waals surface area (Å²) in [4.78, 5) is 29.3. The second kappa shape index (κ2) is 9.38. The van der Waals surface area contributed by atoms with Gasteiger partial charge in [0.15, 0.2) is 0 Å². The monoisotopic (exact) mass is 424 g/mol. The van der Waals surface area contributed by atoms with E-state index in [1.165, 1.54) is 45.0 Å². The Kier molecular flexibility index (Phi) is 6.91. The first kappa shape index (κ1) is 19.9. The standard InChI is InChI=1S/C16H20N6O2S3/c1-3-5-6-13-21-22-14(24)7-10(17-16(22)27-13)8-25-9-11(23)18-15-20-19-12(4-2)26-15/h7H,3-6,8-9H2,1-2H3,(H,18,20,23). The van der Waals surface area contributed by atoms with E-state index < -0.39 is 0 Å². The highest BCUT2D eigenvalue weighted by atomic mass is 32.2. The summed E-state index contributed by atoms with van der Waals surface area (Å²) >= 11 is 4.23. The highest BCUT2D eigenvalue weighted by molar-refractivity contribution is 7.99. The Morgan fingerprint density at radius 3 is 2.85 bits per heavy atom. The second-order valence-corrected chi connectivity index (χ2v) is 8.86. The van der Waals surface area contributed by atoms with E-state index in [2.05, 4.69) is 32.5 Å². The minimum atomic E-state index is -0.181. The van der Waals surface area contributed by atoms with Crippen molar-refractivity contribution in [3.05, 3.63) is 32.1 Å². The van der Waals surface area contributed by atoms with Gasteiger partial charge in [0.05, 0.1) is 11.4 Å². The molecule has 8 nitrogen and oxygen atoms in total. The number of hydrogen-bond acceptors (Lipinski definition) is 9. The summed E-state index contributed by atoms with van der Waals surface area (Å²) in [5.74, 6) is 0.598. The van der Waals surface area contributed by atoms with Gasteiger partial charge in [-0.1, -0.05) is 42.9 Å². The lowest BCUT2D eigenvalue weighted by molar-refractivity contribution is -0.113. The maximum absolute atomic E-state index is 12.2. The number of carbonyl (C=O) groups excluding carboxylic acids is 1. The van der Waals surface area contributed by atoms with Gasteiger partial charge in [-0.05, 0) is 12.8 Å². The number of anilines is 1. The summed E-state index contributed by atoms with van der Waals surface area (Å²) < 4.78 is 1.36. The SMILES string of the molecule is CCCCc1nn2c(=O)cc(CSCC(=O)Nc3nnc(CC)s3)nc2s1. The van der Waals surface area contributed by atoms with E-state index in [4.69, 9.17) is 0 Å². The Hall–Kier alpha value is -1.85. The highest BCUT2D eigenvalue weighted by Crippen LogP contribution is 2.18. The van der Waals surface area contributed by atoms with Crippen LogP contribution in [0.5, 0.6) is 0 Å².